The quantitative estimate of drug-likeness (QED) is 0.940. The molecule has 0 saturated heterocycles. The van der Waals surface area contributed by atoms with Crippen molar-refractivity contribution in [3.63, 3.8) is 0 Å². The van der Waals surface area contributed by atoms with E-state index in [1.165, 1.54) is 18.9 Å². The number of carbonyl (C=O) groups is 1. The Balaban J connectivity index is 2.03. The van der Waals surface area contributed by atoms with Gasteiger partial charge in [-0.3, -0.25) is 0 Å². The molecular formula is C13H13ClN4O2. The van der Waals surface area contributed by atoms with Gasteiger partial charge in [-0.15, -0.1) is 5.10 Å². The molecule has 1 aliphatic carbocycles. The lowest BCUT2D eigenvalue weighted by Gasteiger charge is -2.10. The zero-order chi connectivity index (χ0) is 14.1. The topological polar surface area (TPSA) is 80.9 Å². The molecule has 1 aromatic heterocycles. The summed E-state index contributed by atoms with van der Waals surface area (Å²) in [7, 11) is 0. The van der Waals surface area contributed by atoms with Crippen LogP contribution in [0.15, 0.2) is 18.2 Å². The molecule has 1 fully saturated rings. The van der Waals surface area contributed by atoms with E-state index in [9.17, 15) is 4.79 Å². The number of rotatable bonds is 3. The van der Waals surface area contributed by atoms with E-state index >= 15 is 0 Å². The first-order valence-electron chi connectivity index (χ1n) is 6.48. The summed E-state index contributed by atoms with van der Waals surface area (Å²) in [6.07, 6.45) is 4.50. The van der Waals surface area contributed by atoms with E-state index in [0.29, 0.717) is 11.6 Å². The first kappa shape index (κ1) is 13.1. The van der Waals surface area contributed by atoms with Gasteiger partial charge in [-0.25, -0.2) is 4.79 Å². The molecule has 1 aliphatic rings. The van der Waals surface area contributed by atoms with Gasteiger partial charge in [-0.1, -0.05) is 24.4 Å². The average Bonchev–Trinajstić information content (AvgIpc) is 3.09. The molecule has 6 nitrogen and oxygen atoms in total. The minimum atomic E-state index is -1.06. The van der Waals surface area contributed by atoms with Crippen molar-refractivity contribution in [1.29, 1.82) is 0 Å². The van der Waals surface area contributed by atoms with Crippen molar-refractivity contribution in [2.24, 2.45) is 0 Å². The molecule has 104 valence electrons. The fourth-order valence-corrected chi connectivity index (χ4v) is 2.82. The second-order valence-corrected chi connectivity index (χ2v) is 5.31. The maximum absolute atomic E-state index is 11.1. The minimum absolute atomic E-state index is 0.0528. The number of benzene rings is 1. The van der Waals surface area contributed by atoms with Crippen molar-refractivity contribution >= 4 is 17.6 Å². The van der Waals surface area contributed by atoms with Crippen LogP contribution in [0.1, 0.15) is 47.8 Å². The molecule has 1 heterocycles. The smallest absolute Gasteiger partial charge is 0.337 e. The number of nitrogens with zero attached hydrogens (tertiary/aromatic N) is 4. The van der Waals surface area contributed by atoms with Gasteiger partial charge in [-0.2, -0.15) is 4.68 Å². The predicted molar refractivity (Wildman–Crippen MR) is 72.3 cm³/mol. The third-order valence-corrected chi connectivity index (χ3v) is 3.97. The largest absolute Gasteiger partial charge is 0.478 e. The first-order valence-corrected chi connectivity index (χ1v) is 6.86. The number of tetrazole rings is 1. The summed E-state index contributed by atoms with van der Waals surface area (Å²) < 4.78 is 1.61. The van der Waals surface area contributed by atoms with Gasteiger partial charge in [0, 0.05) is 5.92 Å². The number of halogens is 1. The van der Waals surface area contributed by atoms with Crippen molar-refractivity contribution in [1.82, 2.24) is 20.2 Å². The van der Waals surface area contributed by atoms with E-state index in [4.69, 9.17) is 16.7 Å². The number of aromatic carboxylic acids is 1. The average molecular weight is 293 g/mol. The molecule has 3 rings (SSSR count). The minimum Gasteiger partial charge on any atom is -0.478 e. The molecule has 1 saturated carbocycles. The zero-order valence-electron chi connectivity index (χ0n) is 10.7. The van der Waals surface area contributed by atoms with Crippen molar-refractivity contribution in [2.45, 2.75) is 31.6 Å². The molecule has 0 radical (unpaired) electrons. The second kappa shape index (κ2) is 5.20. The fourth-order valence-electron chi connectivity index (χ4n) is 2.63. The molecule has 0 unspecified atom stereocenters. The highest BCUT2D eigenvalue weighted by Gasteiger charge is 2.24. The van der Waals surface area contributed by atoms with E-state index in [0.717, 1.165) is 18.7 Å². The summed E-state index contributed by atoms with van der Waals surface area (Å²) in [6.45, 7) is 0. The Morgan fingerprint density at radius 1 is 1.35 bits per heavy atom. The summed E-state index contributed by atoms with van der Waals surface area (Å²) >= 11 is 5.88. The van der Waals surface area contributed by atoms with Crippen molar-refractivity contribution in [2.75, 3.05) is 0 Å². The lowest BCUT2D eigenvalue weighted by atomic mass is 10.1. The van der Waals surface area contributed by atoms with E-state index in [1.807, 2.05) is 0 Å². The molecule has 0 atom stereocenters. The number of carboxylic acid groups (broad SMARTS) is 1. The van der Waals surface area contributed by atoms with Crippen molar-refractivity contribution < 1.29 is 9.90 Å². The van der Waals surface area contributed by atoms with E-state index in [2.05, 4.69) is 15.5 Å². The lowest BCUT2D eigenvalue weighted by molar-refractivity contribution is 0.0697. The highest BCUT2D eigenvalue weighted by Crippen LogP contribution is 2.33. The third kappa shape index (κ3) is 2.27. The number of aromatic nitrogens is 4. The van der Waals surface area contributed by atoms with Crippen LogP contribution in [0, 0.1) is 0 Å². The van der Waals surface area contributed by atoms with Gasteiger partial charge < -0.3 is 5.11 Å². The van der Waals surface area contributed by atoms with Gasteiger partial charge in [0.15, 0.2) is 5.82 Å². The van der Waals surface area contributed by atoms with Gasteiger partial charge in [0.1, 0.15) is 0 Å². The van der Waals surface area contributed by atoms with Crippen LogP contribution < -0.4 is 0 Å². The number of carboxylic acids is 1. The Bertz CT molecular complexity index is 650. The molecule has 0 amide bonds. The SMILES string of the molecule is O=C(O)c1cc(-n2nnnc2C2CCCC2)ccc1Cl. The molecule has 0 bridgehead atoms. The fraction of sp³-hybridized carbons (Fsp3) is 0.385. The first-order chi connectivity index (χ1) is 9.66. The van der Waals surface area contributed by atoms with Crippen LogP contribution in [0.3, 0.4) is 0 Å². The molecule has 7 heteroatoms. The van der Waals surface area contributed by atoms with Gasteiger partial charge >= 0.3 is 5.97 Å². The normalized spacial score (nSPS) is 15.7. The summed E-state index contributed by atoms with van der Waals surface area (Å²) in [5.41, 5.74) is 0.677. The summed E-state index contributed by atoms with van der Waals surface area (Å²) in [4.78, 5) is 11.1. The van der Waals surface area contributed by atoms with Gasteiger partial charge in [0.05, 0.1) is 16.3 Å². The molecule has 1 aromatic carbocycles. The maximum Gasteiger partial charge on any atom is 0.337 e. The van der Waals surface area contributed by atoms with Crippen LogP contribution in [0.2, 0.25) is 5.02 Å². The zero-order valence-corrected chi connectivity index (χ0v) is 11.4. The van der Waals surface area contributed by atoms with Crippen molar-refractivity contribution in [3.8, 4) is 5.69 Å². The molecule has 20 heavy (non-hydrogen) atoms. The highest BCUT2D eigenvalue weighted by molar-refractivity contribution is 6.33. The Hall–Kier alpha value is -1.95. The molecule has 1 N–H and O–H groups in total. The second-order valence-electron chi connectivity index (χ2n) is 4.90. The van der Waals surface area contributed by atoms with Crippen LogP contribution in [0.4, 0.5) is 0 Å². The molecular weight excluding hydrogens is 280 g/mol. The van der Waals surface area contributed by atoms with Crippen LogP contribution in [0.25, 0.3) is 5.69 Å². The van der Waals surface area contributed by atoms with E-state index in [1.54, 1.807) is 16.8 Å². The Morgan fingerprint density at radius 2 is 2.10 bits per heavy atom. The van der Waals surface area contributed by atoms with Crippen LogP contribution >= 0.6 is 11.6 Å². The number of hydrogen-bond donors (Lipinski definition) is 1. The molecule has 2 aromatic rings. The monoisotopic (exact) mass is 292 g/mol. The molecule has 0 spiro atoms. The van der Waals surface area contributed by atoms with Crippen LogP contribution in [-0.2, 0) is 0 Å². The Morgan fingerprint density at radius 3 is 2.80 bits per heavy atom. The molecule has 0 aliphatic heterocycles. The Labute approximate surface area is 120 Å². The van der Waals surface area contributed by atoms with Gasteiger partial charge in [0.2, 0.25) is 0 Å². The summed E-state index contributed by atoms with van der Waals surface area (Å²) in [6, 6.07) is 4.78. The van der Waals surface area contributed by atoms with Crippen LogP contribution in [0.5, 0.6) is 0 Å². The van der Waals surface area contributed by atoms with Gasteiger partial charge in [-0.05, 0) is 41.5 Å². The van der Waals surface area contributed by atoms with E-state index in [-0.39, 0.29) is 10.6 Å². The third-order valence-electron chi connectivity index (χ3n) is 3.64. The van der Waals surface area contributed by atoms with Gasteiger partial charge in [0.25, 0.3) is 0 Å². The maximum atomic E-state index is 11.1. The van der Waals surface area contributed by atoms with Crippen LogP contribution in [-0.4, -0.2) is 31.3 Å². The van der Waals surface area contributed by atoms with Crippen molar-refractivity contribution in [3.05, 3.63) is 34.6 Å². The lowest BCUT2D eigenvalue weighted by Crippen LogP contribution is -2.08. The van der Waals surface area contributed by atoms with E-state index < -0.39 is 5.97 Å². The number of hydrogen-bond acceptors (Lipinski definition) is 4. The summed E-state index contributed by atoms with van der Waals surface area (Å²) in [5.74, 6) is 0.0717. The summed E-state index contributed by atoms with van der Waals surface area (Å²) in [5, 5.41) is 21.1. The predicted octanol–water partition coefficient (Wildman–Crippen LogP) is 2.67. The highest BCUT2D eigenvalue weighted by atomic mass is 35.5. The Kier molecular flexibility index (Phi) is 3.40. The standard InChI is InChI=1S/C13H13ClN4O2/c14-11-6-5-9(7-10(11)13(19)20)18-12(15-16-17-18)8-3-1-2-4-8/h5-8H,1-4H2,(H,19,20).